The zero-order valence-corrected chi connectivity index (χ0v) is 17.3. The number of benzene rings is 2. The number of halogens is 6. The van der Waals surface area contributed by atoms with Crippen LogP contribution in [0.3, 0.4) is 0 Å². The van der Waals surface area contributed by atoms with Crippen molar-refractivity contribution in [3.8, 4) is 0 Å². The Morgan fingerprint density at radius 1 is 1.00 bits per heavy atom. The smallest absolute Gasteiger partial charge is 0.367 e. The molecular formula is C20H20ClF5N2S. The van der Waals surface area contributed by atoms with Crippen LogP contribution in [0.1, 0.15) is 11.1 Å². The molecule has 0 N–H and O–H groups in total. The van der Waals surface area contributed by atoms with Gasteiger partial charge in [-0.15, -0.1) is 11.8 Å². The Morgan fingerprint density at radius 2 is 1.69 bits per heavy atom. The van der Waals surface area contributed by atoms with Gasteiger partial charge in [0.15, 0.2) is 0 Å². The van der Waals surface area contributed by atoms with Crippen LogP contribution >= 0.6 is 23.4 Å². The van der Waals surface area contributed by atoms with Crippen molar-refractivity contribution in [2.24, 2.45) is 0 Å². The summed E-state index contributed by atoms with van der Waals surface area (Å²) in [6, 6.07) is 7.33. The largest absolute Gasteiger partial charge is 0.398 e. The summed E-state index contributed by atoms with van der Waals surface area (Å²) < 4.78 is 66.1. The number of nitrogens with zero attached hydrogens (tertiary/aromatic N) is 2. The lowest BCUT2D eigenvalue weighted by molar-refractivity contribution is -0.105. The summed E-state index contributed by atoms with van der Waals surface area (Å²) in [6.07, 6.45) is -4.28. The van der Waals surface area contributed by atoms with E-state index in [1.165, 1.54) is 18.2 Å². The molecule has 2 nitrogen and oxygen atoms in total. The molecule has 0 spiro atoms. The van der Waals surface area contributed by atoms with Gasteiger partial charge in [-0.05, 0) is 36.8 Å². The van der Waals surface area contributed by atoms with Crippen LogP contribution in [0.4, 0.5) is 27.6 Å². The molecule has 0 unspecified atom stereocenters. The predicted octanol–water partition coefficient (Wildman–Crippen LogP) is 5.90. The minimum atomic E-state index is -4.28. The third-order valence-corrected chi connectivity index (χ3v) is 6.22. The Kier molecular flexibility index (Phi) is 6.96. The summed E-state index contributed by atoms with van der Waals surface area (Å²) >= 11 is 6.44. The van der Waals surface area contributed by atoms with Gasteiger partial charge in [-0.3, -0.25) is 4.90 Å². The van der Waals surface area contributed by atoms with Gasteiger partial charge >= 0.3 is 6.18 Å². The van der Waals surface area contributed by atoms with Crippen LogP contribution in [0.5, 0.6) is 0 Å². The Hall–Kier alpha value is -1.51. The highest BCUT2D eigenvalue weighted by Gasteiger charge is 2.28. The minimum Gasteiger partial charge on any atom is -0.367 e. The molecule has 29 heavy (non-hydrogen) atoms. The van der Waals surface area contributed by atoms with Gasteiger partial charge < -0.3 is 4.90 Å². The summed E-state index contributed by atoms with van der Waals surface area (Å²) in [5, 5.41) is 0.338. The third-order valence-electron chi connectivity index (χ3n) is 4.76. The fraction of sp³-hybridized carbons (Fsp3) is 0.400. The second-order valence-electron chi connectivity index (χ2n) is 6.97. The van der Waals surface area contributed by atoms with E-state index in [2.05, 4.69) is 0 Å². The molecule has 0 saturated carbocycles. The van der Waals surface area contributed by atoms with Crippen molar-refractivity contribution in [3.05, 3.63) is 58.1 Å². The lowest BCUT2D eigenvalue weighted by Crippen LogP contribution is -2.46. The average molecular weight is 451 g/mol. The first-order valence-electron chi connectivity index (χ1n) is 9.03. The van der Waals surface area contributed by atoms with Crippen molar-refractivity contribution in [2.75, 3.05) is 36.8 Å². The molecule has 2 aromatic rings. The van der Waals surface area contributed by atoms with Gasteiger partial charge in [-0.2, -0.15) is 13.2 Å². The van der Waals surface area contributed by atoms with Gasteiger partial charge in [-0.1, -0.05) is 17.7 Å². The van der Waals surface area contributed by atoms with Crippen LogP contribution in [0, 0.1) is 18.6 Å². The SMILES string of the molecule is Cc1cc(F)c(N2CCN(Cc3ccc(Cl)cc3F)CC2)cc1SCC(F)(F)F. The third kappa shape index (κ3) is 5.99. The van der Waals surface area contributed by atoms with E-state index in [9.17, 15) is 22.0 Å². The van der Waals surface area contributed by atoms with E-state index < -0.39 is 17.7 Å². The van der Waals surface area contributed by atoms with Crippen molar-refractivity contribution >= 4 is 29.1 Å². The number of hydrogen-bond donors (Lipinski definition) is 0. The first-order chi connectivity index (χ1) is 13.6. The lowest BCUT2D eigenvalue weighted by atomic mass is 10.1. The van der Waals surface area contributed by atoms with Gasteiger partial charge in [0, 0.05) is 48.2 Å². The van der Waals surface area contributed by atoms with Gasteiger partial charge in [0.1, 0.15) is 11.6 Å². The van der Waals surface area contributed by atoms with Crippen molar-refractivity contribution < 1.29 is 22.0 Å². The average Bonchev–Trinajstić information content (AvgIpc) is 2.63. The van der Waals surface area contributed by atoms with E-state index in [4.69, 9.17) is 11.6 Å². The molecule has 0 aromatic heterocycles. The van der Waals surface area contributed by atoms with E-state index in [-0.39, 0.29) is 5.82 Å². The standard InChI is InChI=1S/C20H20ClF5N2S/c1-13-8-17(23)18(10-19(13)29-12-20(24,25)26)28-6-4-27(5-7-28)11-14-2-3-15(21)9-16(14)22/h2-3,8-10H,4-7,11-12H2,1H3. The van der Waals surface area contributed by atoms with Crippen molar-refractivity contribution in [1.82, 2.24) is 4.90 Å². The molecule has 1 aliphatic heterocycles. The molecule has 1 aliphatic rings. The molecule has 9 heteroatoms. The fourth-order valence-corrected chi connectivity index (χ4v) is 4.20. The molecule has 0 radical (unpaired) electrons. The van der Waals surface area contributed by atoms with Crippen LogP contribution < -0.4 is 4.90 Å². The first kappa shape index (κ1) is 22.2. The number of aryl methyl sites for hydroxylation is 1. The van der Waals surface area contributed by atoms with E-state index >= 15 is 0 Å². The minimum absolute atomic E-state index is 0.303. The number of piperazine rings is 1. The molecule has 0 atom stereocenters. The van der Waals surface area contributed by atoms with Crippen LogP contribution in [0.2, 0.25) is 5.02 Å². The quantitative estimate of drug-likeness (QED) is 0.413. The Labute approximate surface area is 175 Å². The topological polar surface area (TPSA) is 6.48 Å². The van der Waals surface area contributed by atoms with E-state index in [0.717, 1.165) is 0 Å². The summed E-state index contributed by atoms with van der Waals surface area (Å²) in [4.78, 5) is 4.29. The monoisotopic (exact) mass is 450 g/mol. The van der Waals surface area contributed by atoms with Crippen LogP contribution in [-0.2, 0) is 6.54 Å². The van der Waals surface area contributed by atoms with Gasteiger partial charge in [-0.25, -0.2) is 8.78 Å². The molecule has 3 rings (SSSR count). The zero-order valence-electron chi connectivity index (χ0n) is 15.7. The Morgan fingerprint density at radius 3 is 2.31 bits per heavy atom. The second kappa shape index (κ2) is 9.10. The lowest BCUT2D eigenvalue weighted by Gasteiger charge is -2.36. The molecule has 158 valence electrons. The zero-order chi connectivity index (χ0) is 21.2. The van der Waals surface area contributed by atoms with Crippen molar-refractivity contribution in [1.29, 1.82) is 0 Å². The normalized spacial score (nSPS) is 15.8. The molecule has 1 fully saturated rings. The maximum Gasteiger partial charge on any atom is 0.398 e. The predicted molar refractivity (Wildman–Crippen MR) is 107 cm³/mol. The summed E-state index contributed by atoms with van der Waals surface area (Å²) in [7, 11) is 0. The molecule has 1 saturated heterocycles. The first-order valence-corrected chi connectivity index (χ1v) is 10.4. The van der Waals surface area contributed by atoms with Crippen LogP contribution in [0.15, 0.2) is 35.2 Å². The van der Waals surface area contributed by atoms with Crippen LogP contribution in [0.25, 0.3) is 0 Å². The van der Waals surface area contributed by atoms with Gasteiger partial charge in [0.25, 0.3) is 0 Å². The highest BCUT2D eigenvalue weighted by Crippen LogP contribution is 2.34. The molecule has 0 aliphatic carbocycles. The number of rotatable bonds is 5. The van der Waals surface area contributed by atoms with Crippen LogP contribution in [-0.4, -0.2) is 43.0 Å². The second-order valence-corrected chi connectivity index (χ2v) is 8.43. The highest BCUT2D eigenvalue weighted by molar-refractivity contribution is 7.99. The molecular weight excluding hydrogens is 431 g/mol. The number of anilines is 1. The highest BCUT2D eigenvalue weighted by atomic mass is 35.5. The van der Waals surface area contributed by atoms with Crippen molar-refractivity contribution in [3.63, 3.8) is 0 Å². The van der Waals surface area contributed by atoms with Gasteiger partial charge in [0.2, 0.25) is 0 Å². The molecule has 0 amide bonds. The van der Waals surface area contributed by atoms with Gasteiger partial charge in [0.05, 0.1) is 11.4 Å². The van der Waals surface area contributed by atoms with E-state index in [0.29, 0.717) is 71.2 Å². The van der Waals surface area contributed by atoms with E-state index in [1.54, 1.807) is 19.1 Å². The molecule has 0 bridgehead atoms. The maximum absolute atomic E-state index is 14.5. The molecule has 1 heterocycles. The summed E-state index contributed by atoms with van der Waals surface area (Å²) in [5.41, 5.74) is 1.32. The molecule has 2 aromatic carbocycles. The number of hydrogen-bond acceptors (Lipinski definition) is 3. The maximum atomic E-state index is 14.5. The summed E-state index contributed by atoms with van der Waals surface area (Å²) in [5.74, 6) is -1.83. The number of thioether (sulfide) groups is 1. The fourth-order valence-electron chi connectivity index (χ4n) is 3.24. The van der Waals surface area contributed by atoms with Crippen molar-refractivity contribution in [2.45, 2.75) is 24.5 Å². The number of alkyl halides is 3. The Balaban J connectivity index is 1.65. The summed E-state index contributed by atoms with van der Waals surface area (Å²) in [6.45, 7) is 4.18. The Bertz CT molecular complexity index is 867. The van der Waals surface area contributed by atoms with E-state index in [1.807, 2.05) is 9.80 Å².